The summed E-state index contributed by atoms with van der Waals surface area (Å²) in [6, 6.07) is 10.9. The Hall–Kier alpha value is -0.920. The molecule has 0 radical (unpaired) electrons. The molecule has 1 heterocycles. The largest absolute Gasteiger partial charge is 0.493 e. The highest BCUT2D eigenvalue weighted by Crippen LogP contribution is 2.27. The van der Waals surface area contributed by atoms with Gasteiger partial charge in [0.05, 0.1) is 26.7 Å². The molecule has 1 aliphatic rings. The van der Waals surface area contributed by atoms with Crippen LogP contribution in [0.2, 0.25) is 20.1 Å². The first-order valence-electron chi connectivity index (χ1n) is 11.1. The number of hydrogen-bond acceptors (Lipinski definition) is 5. The first-order chi connectivity index (χ1) is 15.8. The van der Waals surface area contributed by atoms with Crippen LogP contribution in [0.3, 0.4) is 0 Å². The number of aliphatic hydroxyl groups excluding tert-OH is 1. The summed E-state index contributed by atoms with van der Waals surface area (Å²) in [6.45, 7) is 6.32. The average molecular weight is 536 g/mol. The van der Waals surface area contributed by atoms with Gasteiger partial charge in [-0.1, -0.05) is 53.3 Å². The molecular weight excluding hydrogens is 506 g/mol. The van der Waals surface area contributed by atoms with Crippen LogP contribution in [0.1, 0.15) is 19.8 Å². The fraction of sp³-hybridized carbons (Fsp3) is 0.500. The molecule has 0 spiro atoms. The summed E-state index contributed by atoms with van der Waals surface area (Å²) < 4.78 is 11.5. The Morgan fingerprint density at radius 1 is 0.909 bits per heavy atom. The molecule has 182 valence electrons. The lowest BCUT2D eigenvalue weighted by atomic mass is 10.0. The fourth-order valence-corrected chi connectivity index (χ4v) is 4.24. The maximum Gasteiger partial charge on any atom is 0.121 e. The highest BCUT2D eigenvalue weighted by molar-refractivity contribution is 6.42. The summed E-state index contributed by atoms with van der Waals surface area (Å²) in [5, 5.41) is 15.9. The third kappa shape index (κ3) is 8.99. The molecule has 9 heteroatoms. The van der Waals surface area contributed by atoms with Crippen molar-refractivity contribution < 1.29 is 14.6 Å². The van der Waals surface area contributed by atoms with E-state index in [-0.39, 0.29) is 6.61 Å². The number of nitrogens with zero attached hydrogens (tertiary/aromatic N) is 1. The highest BCUT2D eigenvalue weighted by atomic mass is 35.5. The van der Waals surface area contributed by atoms with E-state index in [4.69, 9.17) is 55.9 Å². The molecule has 3 rings (SSSR count). The molecule has 2 atom stereocenters. The number of halogens is 4. The van der Waals surface area contributed by atoms with Gasteiger partial charge in [0.25, 0.3) is 0 Å². The third-order valence-corrected chi connectivity index (χ3v) is 7.05. The Bertz CT molecular complexity index is 894. The summed E-state index contributed by atoms with van der Waals surface area (Å²) in [6.07, 6.45) is 1.52. The number of benzene rings is 2. The Labute approximate surface area is 215 Å². The minimum absolute atomic E-state index is 0.215. The van der Waals surface area contributed by atoms with Gasteiger partial charge in [-0.2, -0.15) is 0 Å². The molecule has 1 fully saturated rings. The Balaban J connectivity index is 1.29. The van der Waals surface area contributed by atoms with E-state index >= 15 is 0 Å². The molecule has 33 heavy (non-hydrogen) atoms. The minimum atomic E-state index is -0.567. The zero-order valence-electron chi connectivity index (χ0n) is 18.6. The Morgan fingerprint density at radius 2 is 1.45 bits per heavy atom. The molecule has 2 N–H and O–H groups in total. The van der Waals surface area contributed by atoms with E-state index in [9.17, 15) is 5.11 Å². The van der Waals surface area contributed by atoms with E-state index in [0.717, 1.165) is 38.2 Å². The number of nitrogens with one attached hydrogen (secondary N) is 1. The fourth-order valence-electron chi connectivity index (χ4n) is 3.66. The number of piperidine rings is 1. The van der Waals surface area contributed by atoms with Crippen LogP contribution >= 0.6 is 46.4 Å². The van der Waals surface area contributed by atoms with E-state index < -0.39 is 6.10 Å². The van der Waals surface area contributed by atoms with Crippen LogP contribution in [0, 0.1) is 5.92 Å². The second-order valence-electron chi connectivity index (χ2n) is 8.52. The van der Waals surface area contributed by atoms with Gasteiger partial charge in [-0.3, -0.25) is 0 Å². The van der Waals surface area contributed by atoms with Crippen molar-refractivity contribution >= 4 is 46.4 Å². The van der Waals surface area contributed by atoms with Gasteiger partial charge in [0.15, 0.2) is 0 Å². The number of aliphatic hydroxyl groups is 1. The zero-order valence-corrected chi connectivity index (χ0v) is 21.6. The predicted octanol–water partition coefficient (Wildman–Crippen LogP) is 5.81. The molecule has 2 aromatic carbocycles. The molecule has 0 aliphatic carbocycles. The van der Waals surface area contributed by atoms with E-state index in [1.54, 1.807) is 30.3 Å². The molecule has 0 unspecified atom stereocenters. The SMILES string of the molecule is C[C@H](CNC1CCN(C[C@@H](O)COc2ccc(Cl)c(Cl)c2)CC1)COc1ccc(Cl)c(Cl)c1. The van der Waals surface area contributed by atoms with Gasteiger partial charge < -0.3 is 24.8 Å². The molecule has 1 saturated heterocycles. The van der Waals surface area contributed by atoms with E-state index in [0.29, 0.717) is 51.0 Å². The molecule has 0 aromatic heterocycles. The van der Waals surface area contributed by atoms with Crippen molar-refractivity contribution in [2.75, 3.05) is 39.4 Å². The topological polar surface area (TPSA) is 54.0 Å². The van der Waals surface area contributed by atoms with Gasteiger partial charge in [-0.05, 0) is 50.2 Å². The van der Waals surface area contributed by atoms with Crippen molar-refractivity contribution in [3.8, 4) is 11.5 Å². The lowest BCUT2D eigenvalue weighted by Crippen LogP contribution is -2.46. The van der Waals surface area contributed by atoms with Gasteiger partial charge in [0.1, 0.15) is 24.2 Å². The van der Waals surface area contributed by atoms with Crippen LogP contribution in [0.25, 0.3) is 0 Å². The van der Waals surface area contributed by atoms with Crippen molar-refractivity contribution in [2.24, 2.45) is 5.92 Å². The lowest BCUT2D eigenvalue weighted by Gasteiger charge is -2.34. The van der Waals surface area contributed by atoms with Crippen LogP contribution in [-0.2, 0) is 0 Å². The summed E-state index contributed by atoms with van der Waals surface area (Å²) >= 11 is 23.9. The van der Waals surface area contributed by atoms with Crippen LogP contribution < -0.4 is 14.8 Å². The van der Waals surface area contributed by atoms with Gasteiger partial charge in [0, 0.05) is 37.2 Å². The van der Waals surface area contributed by atoms with Crippen LogP contribution in [0.5, 0.6) is 11.5 Å². The summed E-state index contributed by atoms with van der Waals surface area (Å²) in [5.41, 5.74) is 0. The van der Waals surface area contributed by atoms with Crippen molar-refractivity contribution in [2.45, 2.75) is 31.9 Å². The Kier molecular flexibility index (Phi) is 10.7. The van der Waals surface area contributed by atoms with Crippen LogP contribution in [-0.4, -0.2) is 61.5 Å². The second kappa shape index (κ2) is 13.2. The quantitative estimate of drug-likeness (QED) is 0.380. The molecule has 5 nitrogen and oxygen atoms in total. The van der Waals surface area contributed by atoms with Gasteiger partial charge in [0.2, 0.25) is 0 Å². The average Bonchev–Trinajstić information content (AvgIpc) is 2.80. The first kappa shape index (κ1) is 26.7. The van der Waals surface area contributed by atoms with Crippen LogP contribution in [0.15, 0.2) is 36.4 Å². The van der Waals surface area contributed by atoms with E-state index in [2.05, 4.69) is 17.1 Å². The third-order valence-electron chi connectivity index (χ3n) is 5.57. The van der Waals surface area contributed by atoms with Crippen molar-refractivity contribution in [3.05, 3.63) is 56.5 Å². The van der Waals surface area contributed by atoms with Crippen molar-refractivity contribution in [1.82, 2.24) is 10.2 Å². The van der Waals surface area contributed by atoms with Gasteiger partial charge in [-0.25, -0.2) is 0 Å². The molecule has 1 aliphatic heterocycles. The van der Waals surface area contributed by atoms with Gasteiger partial charge >= 0.3 is 0 Å². The minimum Gasteiger partial charge on any atom is -0.493 e. The lowest BCUT2D eigenvalue weighted by molar-refractivity contribution is 0.0576. The normalized spacial score (nSPS) is 17.0. The second-order valence-corrected chi connectivity index (χ2v) is 10.1. The number of rotatable bonds is 11. The predicted molar refractivity (Wildman–Crippen MR) is 137 cm³/mol. The van der Waals surface area contributed by atoms with Crippen molar-refractivity contribution in [1.29, 1.82) is 0 Å². The number of β-amino-alcohol motifs (C(OH)–C–C–N with tert-alkyl or cyclic N) is 1. The monoisotopic (exact) mass is 534 g/mol. The highest BCUT2D eigenvalue weighted by Gasteiger charge is 2.21. The standard InChI is InChI=1S/C24H30Cl4N2O3/c1-16(14-32-19-2-4-21(25)23(27)10-19)12-29-17-6-8-30(9-7-17)13-18(31)15-33-20-3-5-22(26)24(28)11-20/h2-5,10-11,16-18,29,31H,6-9,12-15H2,1H3/t16-,18-/m1/s1. The maximum atomic E-state index is 10.3. The molecule has 0 amide bonds. The first-order valence-corrected chi connectivity index (χ1v) is 12.6. The van der Waals surface area contributed by atoms with E-state index in [1.807, 2.05) is 6.07 Å². The van der Waals surface area contributed by atoms with E-state index in [1.165, 1.54) is 0 Å². The number of ether oxygens (including phenoxy) is 2. The maximum absolute atomic E-state index is 10.3. The number of hydrogen-bond donors (Lipinski definition) is 2. The van der Waals surface area contributed by atoms with Crippen molar-refractivity contribution in [3.63, 3.8) is 0 Å². The molecule has 2 aromatic rings. The summed E-state index contributed by atoms with van der Waals surface area (Å²) in [7, 11) is 0. The number of likely N-dealkylation sites (tertiary alicyclic amines) is 1. The summed E-state index contributed by atoms with van der Waals surface area (Å²) in [5.74, 6) is 1.69. The smallest absolute Gasteiger partial charge is 0.121 e. The molecule has 0 bridgehead atoms. The molecule has 0 saturated carbocycles. The molecular formula is C24H30Cl4N2O3. The van der Waals surface area contributed by atoms with Gasteiger partial charge in [-0.15, -0.1) is 0 Å². The Morgan fingerprint density at radius 3 is 2.00 bits per heavy atom. The zero-order chi connectivity index (χ0) is 23.8. The van der Waals surface area contributed by atoms with Crippen LogP contribution in [0.4, 0.5) is 0 Å². The summed E-state index contributed by atoms with van der Waals surface area (Å²) in [4.78, 5) is 2.28.